The molecule has 0 bridgehead atoms. The molecule has 0 spiro atoms. The first kappa shape index (κ1) is 10.2. The third kappa shape index (κ3) is 2.58. The Balaban J connectivity index is 2.87. The summed E-state index contributed by atoms with van der Waals surface area (Å²) in [5.74, 6) is -0.990. The highest BCUT2D eigenvalue weighted by molar-refractivity contribution is 5.87. The molecule has 1 aromatic heterocycles. The van der Waals surface area contributed by atoms with Crippen LogP contribution in [0.3, 0.4) is 0 Å². The van der Waals surface area contributed by atoms with Gasteiger partial charge in [0.25, 0.3) is 0 Å². The number of pyridine rings is 1. The molecule has 0 aliphatic rings. The van der Waals surface area contributed by atoms with Gasteiger partial charge in [-0.15, -0.1) is 0 Å². The molecule has 4 heteroatoms. The molecule has 0 atom stereocenters. The van der Waals surface area contributed by atoms with Crippen LogP contribution in [0.25, 0.3) is 0 Å². The normalized spacial score (nSPS) is 12.1. The van der Waals surface area contributed by atoms with Crippen molar-refractivity contribution in [1.82, 2.24) is 4.98 Å². The van der Waals surface area contributed by atoms with Gasteiger partial charge >= 0.3 is 5.97 Å². The molecule has 1 aromatic rings. The van der Waals surface area contributed by atoms with E-state index in [9.17, 15) is 4.79 Å². The summed E-state index contributed by atoms with van der Waals surface area (Å²) in [6.07, 6.45) is 1.89. The molecule has 4 nitrogen and oxygen atoms in total. The Kier molecular flexibility index (Phi) is 3.23. The van der Waals surface area contributed by atoms with E-state index >= 15 is 0 Å². The second-order valence-corrected chi connectivity index (χ2v) is 2.96. The molecule has 0 radical (unpaired) electrons. The van der Waals surface area contributed by atoms with Gasteiger partial charge < -0.3 is 10.8 Å². The Labute approximate surface area is 82.1 Å². The zero-order chi connectivity index (χ0) is 10.6. The van der Waals surface area contributed by atoms with Crippen molar-refractivity contribution in [2.75, 3.05) is 0 Å². The van der Waals surface area contributed by atoms with E-state index in [-0.39, 0.29) is 12.0 Å². The highest BCUT2D eigenvalue weighted by atomic mass is 16.4. The molecule has 0 saturated carbocycles. The third-order valence-electron chi connectivity index (χ3n) is 1.82. The smallest absolute Gasteiger partial charge is 0.333 e. The molecule has 0 amide bonds. The first-order chi connectivity index (χ1) is 6.61. The highest BCUT2D eigenvalue weighted by Gasteiger charge is 2.10. The maximum Gasteiger partial charge on any atom is 0.333 e. The van der Waals surface area contributed by atoms with E-state index in [1.165, 1.54) is 0 Å². The monoisotopic (exact) mass is 192 g/mol. The van der Waals surface area contributed by atoms with E-state index in [4.69, 9.17) is 10.8 Å². The summed E-state index contributed by atoms with van der Waals surface area (Å²) in [6.45, 7) is 1.58. The lowest BCUT2D eigenvalue weighted by molar-refractivity contribution is -0.132. The molecular weight excluding hydrogens is 180 g/mol. The molecule has 14 heavy (non-hydrogen) atoms. The van der Waals surface area contributed by atoms with Crippen LogP contribution < -0.4 is 5.73 Å². The topological polar surface area (TPSA) is 76.2 Å². The fourth-order valence-electron chi connectivity index (χ4n) is 1.07. The van der Waals surface area contributed by atoms with Crippen molar-refractivity contribution in [3.8, 4) is 0 Å². The van der Waals surface area contributed by atoms with Crippen LogP contribution in [0.15, 0.2) is 35.7 Å². The summed E-state index contributed by atoms with van der Waals surface area (Å²) in [5.41, 5.74) is 6.68. The van der Waals surface area contributed by atoms with Gasteiger partial charge in [0.15, 0.2) is 0 Å². The van der Waals surface area contributed by atoms with Gasteiger partial charge in [0.1, 0.15) is 0 Å². The fraction of sp³-hybridized carbons (Fsp3) is 0.200. The number of carboxylic acids is 1. The Morgan fingerprint density at radius 1 is 1.57 bits per heavy atom. The average Bonchev–Trinajstić information content (AvgIpc) is 2.15. The van der Waals surface area contributed by atoms with Crippen LogP contribution in [0, 0.1) is 0 Å². The molecule has 0 aliphatic heterocycles. The average molecular weight is 192 g/mol. The van der Waals surface area contributed by atoms with Crippen LogP contribution in [0.5, 0.6) is 0 Å². The number of rotatable bonds is 3. The van der Waals surface area contributed by atoms with Gasteiger partial charge in [-0.3, -0.25) is 4.98 Å². The molecule has 0 unspecified atom stereocenters. The van der Waals surface area contributed by atoms with Gasteiger partial charge in [0, 0.05) is 24.0 Å². The van der Waals surface area contributed by atoms with E-state index in [0.717, 1.165) is 0 Å². The fourth-order valence-corrected chi connectivity index (χ4v) is 1.07. The van der Waals surface area contributed by atoms with Crippen molar-refractivity contribution in [3.05, 3.63) is 41.4 Å². The summed E-state index contributed by atoms with van der Waals surface area (Å²) >= 11 is 0. The van der Waals surface area contributed by atoms with Crippen LogP contribution in [0.1, 0.15) is 12.6 Å². The van der Waals surface area contributed by atoms with Crippen LogP contribution in [-0.4, -0.2) is 16.1 Å². The van der Waals surface area contributed by atoms with E-state index in [2.05, 4.69) is 4.98 Å². The predicted molar refractivity (Wildman–Crippen MR) is 52.5 cm³/mol. The van der Waals surface area contributed by atoms with Gasteiger partial charge in [0.2, 0.25) is 0 Å². The summed E-state index contributed by atoms with van der Waals surface area (Å²) in [5, 5.41) is 8.84. The molecule has 0 aromatic carbocycles. The summed E-state index contributed by atoms with van der Waals surface area (Å²) in [4.78, 5) is 14.8. The zero-order valence-electron chi connectivity index (χ0n) is 7.90. The number of hydrogen-bond acceptors (Lipinski definition) is 3. The van der Waals surface area contributed by atoms with Gasteiger partial charge in [-0.05, 0) is 19.1 Å². The molecule has 1 heterocycles. The minimum Gasteiger partial charge on any atom is -0.478 e. The van der Waals surface area contributed by atoms with Crippen LogP contribution in [-0.2, 0) is 11.2 Å². The summed E-state index contributed by atoms with van der Waals surface area (Å²) in [7, 11) is 0. The summed E-state index contributed by atoms with van der Waals surface area (Å²) in [6, 6.07) is 5.36. The van der Waals surface area contributed by atoms with Gasteiger partial charge in [-0.25, -0.2) is 4.79 Å². The molecule has 1 rings (SSSR count). The van der Waals surface area contributed by atoms with Crippen molar-refractivity contribution in [1.29, 1.82) is 0 Å². The number of aromatic nitrogens is 1. The van der Waals surface area contributed by atoms with E-state index < -0.39 is 5.97 Å². The Hall–Kier alpha value is -1.84. The first-order valence-corrected chi connectivity index (χ1v) is 4.19. The number of nitrogens with two attached hydrogens (primary N) is 1. The standard InChI is InChI=1S/C10H12N2O2/c1-7(11)9(10(13)14)6-8-4-2-3-5-12-8/h2-5H,6,11H2,1H3,(H,13,14)/b9-7-. The van der Waals surface area contributed by atoms with Crippen LogP contribution in [0.2, 0.25) is 0 Å². The van der Waals surface area contributed by atoms with Gasteiger partial charge in [0.05, 0.1) is 5.57 Å². The second kappa shape index (κ2) is 4.41. The minimum atomic E-state index is -0.990. The third-order valence-corrected chi connectivity index (χ3v) is 1.82. The van der Waals surface area contributed by atoms with E-state index in [1.807, 2.05) is 6.07 Å². The largest absolute Gasteiger partial charge is 0.478 e. The van der Waals surface area contributed by atoms with E-state index in [0.29, 0.717) is 11.4 Å². The molecule has 3 N–H and O–H groups in total. The number of allylic oxidation sites excluding steroid dienone is 1. The first-order valence-electron chi connectivity index (χ1n) is 4.19. The molecule has 0 aliphatic carbocycles. The van der Waals surface area contributed by atoms with Gasteiger partial charge in [-0.2, -0.15) is 0 Å². The Morgan fingerprint density at radius 2 is 2.29 bits per heavy atom. The van der Waals surface area contributed by atoms with E-state index in [1.54, 1.807) is 25.3 Å². The number of aliphatic carboxylic acids is 1. The maximum absolute atomic E-state index is 10.8. The Bertz CT molecular complexity index is 354. The number of nitrogens with zero attached hydrogens (tertiary/aromatic N) is 1. The second-order valence-electron chi connectivity index (χ2n) is 2.96. The van der Waals surface area contributed by atoms with Crippen molar-refractivity contribution >= 4 is 5.97 Å². The number of hydrogen-bond donors (Lipinski definition) is 2. The predicted octanol–water partition coefficient (Wildman–Crippen LogP) is 0.941. The van der Waals surface area contributed by atoms with Crippen molar-refractivity contribution in [2.24, 2.45) is 5.73 Å². The Morgan fingerprint density at radius 3 is 2.71 bits per heavy atom. The zero-order valence-corrected chi connectivity index (χ0v) is 7.90. The lowest BCUT2D eigenvalue weighted by Gasteiger charge is -2.03. The minimum absolute atomic E-state index is 0.198. The van der Waals surface area contributed by atoms with Crippen LogP contribution >= 0.6 is 0 Å². The molecule has 0 fully saturated rings. The quantitative estimate of drug-likeness (QED) is 0.699. The molecule has 74 valence electrons. The van der Waals surface area contributed by atoms with Crippen molar-refractivity contribution in [3.63, 3.8) is 0 Å². The van der Waals surface area contributed by atoms with Crippen LogP contribution in [0.4, 0.5) is 0 Å². The molecular formula is C10H12N2O2. The highest BCUT2D eigenvalue weighted by Crippen LogP contribution is 2.07. The van der Waals surface area contributed by atoms with Crippen molar-refractivity contribution in [2.45, 2.75) is 13.3 Å². The maximum atomic E-state index is 10.8. The summed E-state index contributed by atoms with van der Waals surface area (Å²) < 4.78 is 0. The lowest BCUT2D eigenvalue weighted by atomic mass is 10.1. The molecule has 0 saturated heterocycles. The lowest BCUT2D eigenvalue weighted by Crippen LogP contribution is -2.11. The number of carboxylic acid groups (broad SMARTS) is 1. The van der Waals surface area contributed by atoms with Gasteiger partial charge in [-0.1, -0.05) is 6.07 Å². The number of carbonyl (C=O) groups is 1. The van der Waals surface area contributed by atoms with Crippen molar-refractivity contribution < 1.29 is 9.90 Å². The SMILES string of the molecule is C/C(N)=C(\Cc1ccccn1)C(=O)O.